The van der Waals surface area contributed by atoms with Gasteiger partial charge in [0.15, 0.2) is 0 Å². The predicted octanol–water partition coefficient (Wildman–Crippen LogP) is 3.65. The van der Waals surface area contributed by atoms with E-state index in [1.807, 2.05) is 24.9 Å². The maximum atomic E-state index is 10.8. The van der Waals surface area contributed by atoms with Crippen LogP contribution in [0.2, 0.25) is 5.02 Å². The maximum absolute atomic E-state index is 10.8. The number of carboxylic acids is 2. The van der Waals surface area contributed by atoms with Crippen molar-refractivity contribution < 1.29 is 33.0 Å². The van der Waals surface area contributed by atoms with Crippen LogP contribution in [0.25, 0.3) is 0 Å². The summed E-state index contributed by atoms with van der Waals surface area (Å²) in [4.78, 5) is 24.2. The fourth-order valence-corrected chi connectivity index (χ4v) is 3.26. The van der Waals surface area contributed by atoms with Crippen LogP contribution in [-0.2, 0) is 16.1 Å². The molecule has 1 heterocycles. The minimum absolute atomic E-state index is 0.126. The number of aryl methyl sites for hydroxylation is 1. The average Bonchev–Trinajstić information content (AvgIpc) is 2.83. The highest BCUT2D eigenvalue weighted by Crippen LogP contribution is 2.20. The van der Waals surface area contributed by atoms with E-state index in [1.54, 1.807) is 0 Å². The third kappa shape index (κ3) is 9.47. The molecule has 1 unspecified atom stereocenters. The van der Waals surface area contributed by atoms with E-state index in [9.17, 15) is 18.0 Å². The number of alkyl halides is 3. The Morgan fingerprint density at radius 3 is 2.38 bits per heavy atom. The van der Waals surface area contributed by atoms with Gasteiger partial charge < -0.3 is 10.2 Å². The van der Waals surface area contributed by atoms with Crippen molar-refractivity contribution in [2.45, 2.75) is 44.9 Å². The molecule has 1 atom stereocenters. The van der Waals surface area contributed by atoms with E-state index in [-0.39, 0.29) is 6.54 Å². The largest absolute Gasteiger partial charge is 0.490 e. The molecule has 6 nitrogen and oxygen atoms in total. The Bertz CT molecular complexity index is 701. The quantitative estimate of drug-likeness (QED) is 0.730. The minimum Gasteiger partial charge on any atom is -0.480 e. The Kier molecular flexibility index (Phi) is 9.88. The van der Waals surface area contributed by atoms with Crippen LogP contribution in [0.15, 0.2) is 18.2 Å². The molecule has 1 aliphatic rings. The van der Waals surface area contributed by atoms with Crippen molar-refractivity contribution in [2.75, 3.05) is 26.7 Å². The zero-order chi connectivity index (χ0) is 22.2. The molecule has 2 rings (SSSR count). The van der Waals surface area contributed by atoms with Gasteiger partial charge in [0.05, 0.1) is 6.54 Å². The average molecular weight is 439 g/mol. The van der Waals surface area contributed by atoms with Crippen LogP contribution in [0.4, 0.5) is 13.2 Å². The van der Waals surface area contributed by atoms with Crippen molar-refractivity contribution in [1.29, 1.82) is 0 Å². The van der Waals surface area contributed by atoms with Crippen molar-refractivity contribution in [1.82, 2.24) is 9.80 Å². The monoisotopic (exact) mass is 438 g/mol. The van der Waals surface area contributed by atoms with Gasteiger partial charge in [0, 0.05) is 17.6 Å². The summed E-state index contributed by atoms with van der Waals surface area (Å²) in [7, 11) is 1.91. The fraction of sp³-hybridized carbons (Fsp3) is 0.579. The summed E-state index contributed by atoms with van der Waals surface area (Å²) >= 11 is 6.08. The molecule has 164 valence electrons. The van der Waals surface area contributed by atoms with Gasteiger partial charge in [-0.25, -0.2) is 4.79 Å². The Morgan fingerprint density at radius 2 is 1.86 bits per heavy atom. The van der Waals surface area contributed by atoms with Gasteiger partial charge in [0.2, 0.25) is 0 Å². The van der Waals surface area contributed by atoms with E-state index in [4.69, 9.17) is 26.6 Å². The molecule has 29 heavy (non-hydrogen) atoms. The van der Waals surface area contributed by atoms with Gasteiger partial charge in [-0.2, -0.15) is 13.2 Å². The number of benzene rings is 1. The Balaban J connectivity index is 0.000000516. The highest BCUT2D eigenvalue weighted by atomic mass is 35.5. The van der Waals surface area contributed by atoms with Crippen molar-refractivity contribution in [3.63, 3.8) is 0 Å². The van der Waals surface area contributed by atoms with Crippen LogP contribution in [0, 0.1) is 6.92 Å². The lowest BCUT2D eigenvalue weighted by Gasteiger charge is -2.25. The van der Waals surface area contributed by atoms with Crippen LogP contribution in [0.5, 0.6) is 0 Å². The highest BCUT2D eigenvalue weighted by Gasteiger charge is 2.38. The number of carboxylic acid groups (broad SMARTS) is 2. The summed E-state index contributed by atoms with van der Waals surface area (Å²) in [5.41, 5.74) is 2.41. The highest BCUT2D eigenvalue weighted by molar-refractivity contribution is 6.31. The Morgan fingerprint density at radius 1 is 1.24 bits per heavy atom. The molecular formula is C19H26ClF3N2O4. The van der Waals surface area contributed by atoms with E-state index in [1.165, 1.54) is 5.56 Å². The van der Waals surface area contributed by atoms with E-state index in [0.717, 1.165) is 49.5 Å². The van der Waals surface area contributed by atoms with Gasteiger partial charge in [-0.3, -0.25) is 14.6 Å². The molecule has 1 fully saturated rings. The first-order valence-electron chi connectivity index (χ1n) is 9.09. The number of aliphatic carboxylic acids is 2. The van der Waals surface area contributed by atoms with Crippen molar-refractivity contribution >= 4 is 23.5 Å². The lowest BCUT2D eigenvalue weighted by atomic mass is 10.1. The molecule has 0 spiro atoms. The van der Waals surface area contributed by atoms with Crippen LogP contribution in [-0.4, -0.2) is 70.9 Å². The van der Waals surface area contributed by atoms with E-state index >= 15 is 0 Å². The van der Waals surface area contributed by atoms with Crippen LogP contribution in [0.1, 0.15) is 30.4 Å². The molecule has 0 radical (unpaired) electrons. The first-order chi connectivity index (χ1) is 13.4. The molecule has 1 aromatic rings. The predicted molar refractivity (Wildman–Crippen MR) is 103 cm³/mol. The molecule has 0 aliphatic carbocycles. The first-order valence-corrected chi connectivity index (χ1v) is 9.47. The van der Waals surface area contributed by atoms with Crippen LogP contribution in [0.3, 0.4) is 0 Å². The molecule has 0 saturated carbocycles. The molecule has 2 N–H and O–H groups in total. The number of carbonyl (C=O) groups is 2. The zero-order valence-corrected chi connectivity index (χ0v) is 17.1. The smallest absolute Gasteiger partial charge is 0.480 e. The Hall–Kier alpha value is -1.84. The second-order valence-corrected chi connectivity index (χ2v) is 7.46. The molecule has 0 aromatic heterocycles. The van der Waals surface area contributed by atoms with Gasteiger partial charge >= 0.3 is 18.1 Å². The minimum atomic E-state index is -5.08. The van der Waals surface area contributed by atoms with Gasteiger partial charge in [-0.05, 0) is 63.5 Å². The van der Waals surface area contributed by atoms with Gasteiger partial charge in [0.1, 0.15) is 0 Å². The first kappa shape index (κ1) is 25.2. The maximum Gasteiger partial charge on any atom is 0.490 e. The van der Waals surface area contributed by atoms with Gasteiger partial charge in [0.25, 0.3) is 0 Å². The summed E-state index contributed by atoms with van der Waals surface area (Å²) in [5, 5.41) is 16.9. The van der Waals surface area contributed by atoms with Crippen molar-refractivity contribution in [3.8, 4) is 0 Å². The molecule has 0 bridgehead atoms. The van der Waals surface area contributed by atoms with E-state index in [0.29, 0.717) is 6.04 Å². The third-order valence-electron chi connectivity index (χ3n) is 4.67. The second kappa shape index (κ2) is 11.4. The second-order valence-electron chi connectivity index (χ2n) is 7.06. The fourth-order valence-electron chi connectivity index (χ4n) is 3.14. The number of hydrogen-bond acceptors (Lipinski definition) is 4. The summed E-state index contributed by atoms with van der Waals surface area (Å²) in [6.45, 7) is 5.18. The van der Waals surface area contributed by atoms with E-state index in [2.05, 4.69) is 17.0 Å². The number of halogens is 4. The summed E-state index contributed by atoms with van der Waals surface area (Å²) < 4.78 is 31.7. The van der Waals surface area contributed by atoms with Gasteiger partial charge in [-0.1, -0.05) is 23.7 Å². The molecular weight excluding hydrogens is 413 g/mol. The van der Waals surface area contributed by atoms with Crippen LogP contribution >= 0.6 is 11.6 Å². The number of likely N-dealkylation sites (N-methyl/N-ethyl adjacent to an activating group) is 1. The Labute approximate surface area is 172 Å². The van der Waals surface area contributed by atoms with Crippen LogP contribution < -0.4 is 0 Å². The normalized spacial score (nSPS) is 18.0. The number of likely N-dealkylation sites (tertiary alicyclic amines) is 1. The van der Waals surface area contributed by atoms with Gasteiger partial charge in [-0.15, -0.1) is 0 Å². The molecule has 0 amide bonds. The standard InChI is InChI=1S/C17H25ClN2O2.C2HF3O2/c1-13-10-14(5-6-16(13)18)11-20-8-3-4-15(7-9-20)19(2)12-17(21)22;3-2(4,5)1(6)7/h5-6,10,15H,3-4,7-9,11-12H2,1-2H3,(H,21,22);(H,6,7). The third-order valence-corrected chi connectivity index (χ3v) is 5.09. The van der Waals surface area contributed by atoms with E-state index < -0.39 is 18.1 Å². The lowest BCUT2D eigenvalue weighted by Crippen LogP contribution is -2.36. The summed E-state index contributed by atoms with van der Waals surface area (Å²) in [6.07, 6.45) is -1.88. The number of hydrogen-bond donors (Lipinski definition) is 2. The molecule has 1 aliphatic heterocycles. The molecule has 1 aromatic carbocycles. The molecule has 1 saturated heterocycles. The topological polar surface area (TPSA) is 81.1 Å². The zero-order valence-electron chi connectivity index (χ0n) is 16.4. The summed E-state index contributed by atoms with van der Waals surface area (Å²) in [5.74, 6) is -3.51. The molecule has 10 heteroatoms. The lowest BCUT2D eigenvalue weighted by molar-refractivity contribution is -0.192. The number of rotatable bonds is 5. The SMILES string of the molecule is Cc1cc(CN2CCCC(N(C)CC(=O)O)CC2)ccc1Cl.O=C(O)C(F)(F)F. The van der Waals surface area contributed by atoms with Crippen molar-refractivity contribution in [2.24, 2.45) is 0 Å². The van der Waals surface area contributed by atoms with Crippen molar-refractivity contribution in [3.05, 3.63) is 34.3 Å². The summed E-state index contributed by atoms with van der Waals surface area (Å²) in [6, 6.07) is 6.58. The number of nitrogens with zero attached hydrogens (tertiary/aromatic N) is 2.